The number of carbonyl (C=O) groups excluding carboxylic acids is 1. The highest BCUT2D eigenvalue weighted by molar-refractivity contribution is 14.1. The Labute approximate surface area is 117 Å². The highest BCUT2D eigenvalue weighted by atomic mass is 127. The van der Waals surface area contributed by atoms with Crippen molar-refractivity contribution in [2.45, 2.75) is 0 Å². The van der Waals surface area contributed by atoms with Crippen LogP contribution in [-0.4, -0.2) is 15.7 Å². The molecule has 2 aromatic rings. The smallest absolute Gasteiger partial charge is 0.277 e. The van der Waals surface area contributed by atoms with Crippen LogP contribution < -0.4 is 5.32 Å². The second-order valence-electron chi connectivity index (χ2n) is 3.46. The average molecular weight is 362 g/mol. The van der Waals surface area contributed by atoms with Crippen LogP contribution >= 0.6 is 34.2 Å². The van der Waals surface area contributed by atoms with Crippen molar-refractivity contribution < 1.29 is 4.79 Å². The van der Waals surface area contributed by atoms with Crippen molar-refractivity contribution in [3.05, 3.63) is 44.7 Å². The van der Waals surface area contributed by atoms with Crippen molar-refractivity contribution in [2.75, 3.05) is 5.32 Å². The number of rotatable bonds is 2. The molecule has 0 fully saturated rings. The molecule has 6 heteroatoms. The summed E-state index contributed by atoms with van der Waals surface area (Å²) >= 11 is 7.91. The molecule has 4 nitrogen and oxygen atoms in total. The molecule has 2 rings (SSSR count). The monoisotopic (exact) mass is 361 g/mol. The maximum absolute atomic E-state index is 11.9. The molecule has 1 aromatic carbocycles. The molecule has 88 valence electrons. The minimum absolute atomic E-state index is 0.239. The second-order valence-corrected chi connectivity index (χ2v) is 5.06. The Hall–Kier alpha value is -1.08. The summed E-state index contributed by atoms with van der Waals surface area (Å²) in [4.78, 5) is 11.9. The van der Waals surface area contributed by atoms with E-state index >= 15 is 0 Å². The largest absolute Gasteiger partial charge is 0.321 e. The minimum Gasteiger partial charge on any atom is -0.321 e. The lowest BCUT2D eigenvalue weighted by Gasteiger charge is -2.03. The molecule has 1 heterocycles. The number of hydrogen-bond donors (Lipinski definition) is 1. The lowest BCUT2D eigenvalue weighted by Crippen LogP contribution is -2.14. The maximum atomic E-state index is 11.9. The molecule has 0 aliphatic carbocycles. The van der Waals surface area contributed by atoms with Gasteiger partial charge in [0.2, 0.25) is 0 Å². The third-order valence-corrected chi connectivity index (χ3v) is 3.11. The molecule has 0 aliphatic rings. The zero-order chi connectivity index (χ0) is 12.4. The number of aromatic nitrogens is 2. The third kappa shape index (κ3) is 2.98. The van der Waals surface area contributed by atoms with Crippen molar-refractivity contribution in [3.63, 3.8) is 0 Å². The van der Waals surface area contributed by atoms with Crippen LogP contribution in [0.25, 0.3) is 0 Å². The van der Waals surface area contributed by atoms with Crippen molar-refractivity contribution >= 4 is 45.8 Å². The van der Waals surface area contributed by atoms with Crippen LogP contribution in [-0.2, 0) is 7.05 Å². The van der Waals surface area contributed by atoms with Gasteiger partial charge < -0.3 is 5.32 Å². The number of amides is 1. The van der Waals surface area contributed by atoms with Gasteiger partial charge in [-0.2, -0.15) is 5.10 Å². The van der Waals surface area contributed by atoms with E-state index in [1.54, 1.807) is 42.2 Å². The van der Waals surface area contributed by atoms with Crippen LogP contribution in [0.1, 0.15) is 10.5 Å². The first kappa shape index (κ1) is 12.4. The van der Waals surface area contributed by atoms with E-state index in [1.807, 2.05) is 0 Å². The van der Waals surface area contributed by atoms with E-state index in [0.29, 0.717) is 16.4 Å². The molecule has 0 spiro atoms. The number of nitrogens with one attached hydrogen (secondary N) is 1. The van der Waals surface area contributed by atoms with Crippen LogP contribution in [0.3, 0.4) is 0 Å². The standard InChI is InChI=1S/C11H9ClIN3O/c1-16-6-9(13)10(15-16)11(17)14-8-4-2-3-7(12)5-8/h2-6H,1H3,(H,14,17). The number of hydrogen-bond acceptors (Lipinski definition) is 2. The number of nitrogens with zero attached hydrogens (tertiary/aromatic N) is 2. The summed E-state index contributed by atoms with van der Waals surface area (Å²) in [6, 6.07) is 7.00. The molecule has 0 aliphatic heterocycles. The quantitative estimate of drug-likeness (QED) is 0.836. The van der Waals surface area contributed by atoms with Gasteiger partial charge in [0.1, 0.15) is 0 Å². The summed E-state index contributed by atoms with van der Waals surface area (Å²) in [5, 5.41) is 7.42. The Kier molecular flexibility index (Phi) is 3.68. The van der Waals surface area contributed by atoms with Crippen LogP contribution in [0.2, 0.25) is 5.02 Å². The Balaban J connectivity index is 2.20. The summed E-state index contributed by atoms with van der Waals surface area (Å²) in [7, 11) is 1.78. The molecule has 0 bridgehead atoms. The number of aryl methyl sites for hydroxylation is 1. The van der Waals surface area contributed by atoms with Gasteiger partial charge >= 0.3 is 0 Å². The number of carbonyl (C=O) groups is 1. The fourth-order valence-corrected chi connectivity index (χ4v) is 2.32. The molecule has 0 radical (unpaired) electrons. The Morgan fingerprint density at radius 3 is 2.88 bits per heavy atom. The molecule has 0 atom stereocenters. The first-order chi connectivity index (χ1) is 8.06. The summed E-state index contributed by atoms with van der Waals surface area (Å²) in [5.74, 6) is -0.239. The maximum Gasteiger partial charge on any atom is 0.277 e. The lowest BCUT2D eigenvalue weighted by atomic mass is 10.3. The zero-order valence-corrected chi connectivity index (χ0v) is 11.9. The predicted octanol–water partition coefficient (Wildman–Crippen LogP) is 2.93. The van der Waals surface area contributed by atoms with Crippen molar-refractivity contribution in [2.24, 2.45) is 7.05 Å². The molecule has 0 saturated heterocycles. The van der Waals surface area contributed by atoms with E-state index in [2.05, 4.69) is 33.0 Å². The summed E-state index contributed by atoms with van der Waals surface area (Å²) in [5.41, 5.74) is 1.07. The van der Waals surface area contributed by atoms with Crippen LogP contribution in [0, 0.1) is 3.57 Å². The van der Waals surface area contributed by atoms with E-state index in [9.17, 15) is 4.79 Å². The molecular formula is C11H9ClIN3O. The fourth-order valence-electron chi connectivity index (χ4n) is 1.37. The zero-order valence-electron chi connectivity index (χ0n) is 8.95. The Bertz CT molecular complexity index is 568. The predicted molar refractivity (Wildman–Crippen MR) is 75.3 cm³/mol. The van der Waals surface area contributed by atoms with Gasteiger partial charge in [-0.25, -0.2) is 0 Å². The number of benzene rings is 1. The third-order valence-electron chi connectivity index (χ3n) is 2.08. The van der Waals surface area contributed by atoms with Crippen molar-refractivity contribution in [3.8, 4) is 0 Å². The molecule has 1 amide bonds. The van der Waals surface area contributed by atoms with Gasteiger partial charge in [-0.1, -0.05) is 17.7 Å². The van der Waals surface area contributed by atoms with E-state index in [0.717, 1.165) is 3.57 Å². The second kappa shape index (κ2) is 5.05. The molecule has 1 N–H and O–H groups in total. The van der Waals surface area contributed by atoms with Gasteiger partial charge in [-0.05, 0) is 40.8 Å². The van der Waals surface area contributed by atoms with E-state index < -0.39 is 0 Å². The minimum atomic E-state index is -0.239. The fraction of sp³-hybridized carbons (Fsp3) is 0.0909. The topological polar surface area (TPSA) is 46.9 Å². The SMILES string of the molecule is Cn1cc(I)c(C(=O)Nc2cccc(Cl)c2)n1. The molecule has 1 aromatic heterocycles. The van der Waals surface area contributed by atoms with Crippen LogP contribution in [0.15, 0.2) is 30.5 Å². The highest BCUT2D eigenvalue weighted by Crippen LogP contribution is 2.17. The van der Waals surface area contributed by atoms with E-state index in [-0.39, 0.29) is 5.91 Å². The van der Waals surface area contributed by atoms with Crippen molar-refractivity contribution in [1.82, 2.24) is 9.78 Å². The summed E-state index contributed by atoms with van der Waals surface area (Å²) < 4.78 is 2.42. The number of anilines is 1. The van der Waals surface area contributed by atoms with E-state index in [1.165, 1.54) is 0 Å². The molecule has 0 unspecified atom stereocenters. The van der Waals surface area contributed by atoms with Crippen molar-refractivity contribution in [1.29, 1.82) is 0 Å². The number of halogens is 2. The molecule has 17 heavy (non-hydrogen) atoms. The molecular weight excluding hydrogens is 352 g/mol. The van der Waals surface area contributed by atoms with Gasteiger partial charge in [-0.15, -0.1) is 0 Å². The normalized spacial score (nSPS) is 10.3. The van der Waals surface area contributed by atoms with Crippen LogP contribution in [0.5, 0.6) is 0 Å². The first-order valence-corrected chi connectivity index (χ1v) is 6.28. The van der Waals surface area contributed by atoms with Crippen LogP contribution in [0.4, 0.5) is 5.69 Å². The first-order valence-electron chi connectivity index (χ1n) is 4.82. The summed E-state index contributed by atoms with van der Waals surface area (Å²) in [6.45, 7) is 0. The molecule has 0 saturated carbocycles. The Morgan fingerprint density at radius 2 is 2.29 bits per heavy atom. The summed E-state index contributed by atoms with van der Waals surface area (Å²) in [6.07, 6.45) is 1.79. The van der Waals surface area contributed by atoms with Gasteiger partial charge in [0.05, 0.1) is 3.57 Å². The van der Waals surface area contributed by atoms with Gasteiger partial charge in [0.25, 0.3) is 5.91 Å². The lowest BCUT2D eigenvalue weighted by molar-refractivity contribution is 0.102. The Morgan fingerprint density at radius 1 is 1.53 bits per heavy atom. The van der Waals surface area contributed by atoms with Gasteiger partial charge in [0, 0.05) is 24.0 Å². The average Bonchev–Trinajstić information content (AvgIpc) is 2.58. The van der Waals surface area contributed by atoms with Gasteiger partial charge in [0.15, 0.2) is 5.69 Å². The highest BCUT2D eigenvalue weighted by Gasteiger charge is 2.14. The van der Waals surface area contributed by atoms with E-state index in [4.69, 9.17) is 11.6 Å². The van der Waals surface area contributed by atoms with Gasteiger partial charge in [-0.3, -0.25) is 9.48 Å².